The van der Waals surface area contributed by atoms with E-state index in [1.807, 2.05) is 0 Å². The van der Waals surface area contributed by atoms with Gasteiger partial charge < -0.3 is 9.84 Å². The second-order valence-electron chi connectivity index (χ2n) is 4.10. The van der Waals surface area contributed by atoms with Crippen LogP contribution in [-0.2, 0) is 14.8 Å². The summed E-state index contributed by atoms with van der Waals surface area (Å²) in [5.74, 6) is -1.14. The number of halogens is 1. The number of ether oxygens (including phenoxy) is 1. The quantitative estimate of drug-likeness (QED) is 0.874. The van der Waals surface area contributed by atoms with E-state index in [-0.39, 0.29) is 29.0 Å². The monoisotopic (exact) mass is 369 g/mol. The molecule has 1 aromatic heterocycles. The van der Waals surface area contributed by atoms with Gasteiger partial charge in [0.25, 0.3) is 0 Å². The summed E-state index contributed by atoms with van der Waals surface area (Å²) in [7, 11) is -3.68. The molecule has 2 heterocycles. The Morgan fingerprint density at radius 2 is 2.32 bits per heavy atom. The Morgan fingerprint density at radius 1 is 1.63 bits per heavy atom. The Bertz CT molecular complexity index is 597. The van der Waals surface area contributed by atoms with Crippen LogP contribution in [0.25, 0.3) is 0 Å². The van der Waals surface area contributed by atoms with E-state index in [0.717, 1.165) is 11.3 Å². The van der Waals surface area contributed by atoms with E-state index in [1.54, 1.807) is 6.92 Å². The Morgan fingerprint density at radius 3 is 2.84 bits per heavy atom. The van der Waals surface area contributed by atoms with Crippen LogP contribution in [0.3, 0.4) is 0 Å². The van der Waals surface area contributed by atoms with Crippen molar-refractivity contribution in [2.45, 2.75) is 17.9 Å². The van der Waals surface area contributed by atoms with Gasteiger partial charge in [-0.1, -0.05) is 0 Å². The largest absolute Gasteiger partial charge is 0.477 e. The Hall–Kier alpha value is -0.480. The zero-order valence-corrected chi connectivity index (χ0v) is 13.2. The van der Waals surface area contributed by atoms with Gasteiger partial charge >= 0.3 is 5.97 Å². The zero-order valence-electron chi connectivity index (χ0n) is 10.00. The molecule has 1 unspecified atom stereocenters. The van der Waals surface area contributed by atoms with Crippen molar-refractivity contribution in [1.29, 1.82) is 0 Å². The van der Waals surface area contributed by atoms with Crippen molar-refractivity contribution in [3.63, 3.8) is 0 Å². The van der Waals surface area contributed by atoms with Crippen molar-refractivity contribution >= 4 is 43.3 Å². The second-order valence-corrected chi connectivity index (χ2v) is 8.37. The normalized spacial score (nSPS) is 21.5. The fourth-order valence-electron chi connectivity index (χ4n) is 1.78. The average Bonchev–Trinajstić information content (AvgIpc) is 2.72. The lowest BCUT2D eigenvalue weighted by molar-refractivity contribution is 0.0102. The van der Waals surface area contributed by atoms with Crippen molar-refractivity contribution in [2.75, 3.05) is 19.7 Å². The van der Waals surface area contributed by atoms with Crippen LogP contribution in [0.2, 0.25) is 0 Å². The highest BCUT2D eigenvalue weighted by molar-refractivity contribution is 9.11. The van der Waals surface area contributed by atoms with E-state index < -0.39 is 16.0 Å². The number of carbonyl (C=O) groups is 1. The van der Waals surface area contributed by atoms with Crippen molar-refractivity contribution in [2.24, 2.45) is 0 Å². The van der Waals surface area contributed by atoms with Gasteiger partial charge in [-0.2, -0.15) is 4.31 Å². The number of carboxylic acid groups (broad SMARTS) is 1. The third-order valence-electron chi connectivity index (χ3n) is 2.69. The van der Waals surface area contributed by atoms with Crippen LogP contribution in [0, 0.1) is 0 Å². The van der Waals surface area contributed by atoms with Crippen molar-refractivity contribution in [1.82, 2.24) is 4.31 Å². The molecule has 106 valence electrons. The van der Waals surface area contributed by atoms with Crippen LogP contribution in [0.4, 0.5) is 0 Å². The molecule has 1 aromatic rings. The average molecular weight is 370 g/mol. The lowest BCUT2D eigenvalue weighted by Gasteiger charge is -2.30. The second kappa shape index (κ2) is 5.49. The molecule has 1 aliphatic rings. The van der Waals surface area contributed by atoms with E-state index in [0.29, 0.717) is 10.4 Å². The van der Waals surface area contributed by atoms with Gasteiger partial charge in [0, 0.05) is 13.1 Å². The Labute approximate surface area is 123 Å². The Kier molecular flexibility index (Phi) is 4.31. The summed E-state index contributed by atoms with van der Waals surface area (Å²) in [6, 6.07) is 1.19. The number of morpholine rings is 1. The third kappa shape index (κ3) is 3.00. The predicted molar refractivity (Wildman–Crippen MR) is 73.2 cm³/mol. The van der Waals surface area contributed by atoms with Crippen molar-refractivity contribution in [3.8, 4) is 0 Å². The summed E-state index contributed by atoms with van der Waals surface area (Å²) in [6.07, 6.45) is -0.167. The number of rotatable bonds is 3. The first kappa shape index (κ1) is 14.9. The van der Waals surface area contributed by atoms with Gasteiger partial charge in [-0.05, 0) is 28.9 Å². The van der Waals surface area contributed by atoms with Crippen LogP contribution in [-0.4, -0.2) is 49.6 Å². The van der Waals surface area contributed by atoms with E-state index in [4.69, 9.17) is 9.84 Å². The summed E-state index contributed by atoms with van der Waals surface area (Å²) in [5, 5.41) is 8.90. The highest BCUT2D eigenvalue weighted by Gasteiger charge is 2.32. The summed E-state index contributed by atoms with van der Waals surface area (Å²) in [5.41, 5.74) is 0. The maximum Gasteiger partial charge on any atom is 0.345 e. The molecule has 0 amide bonds. The molecule has 1 fully saturated rings. The minimum Gasteiger partial charge on any atom is -0.477 e. The minimum absolute atomic E-state index is 0.00370. The number of sulfonamides is 1. The number of carboxylic acids is 1. The first-order valence-electron chi connectivity index (χ1n) is 5.46. The van der Waals surface area contributed by atoms with Gasteiger partial charge in [-0.3, -0.25) is 0 Å². The number of nitrogens with zero attached hydrogens (tertiary/aromatic N) is 1. The summed E-state index contributed by atoms with van der Waals surface area (Å²) >= 11 is 4.02. The molecule has 2 rings (SSSR count). The molecule has 0 spiro atoms. The molecule has 0 bridgehead atoms. The Balaban J connectivity index is 2.36. The van der Waals surface area contributed by atoms with Crippen molar-refractivity contribution < 1.29 is 23.1 Å². The highest BCUT2D eigenvalue weighted by Crippen LogP contribution is 2.34. The van der Waals surface area contributed by atoms with Gasteiger partial charge in [-0.25, -0.2) is 13.2 Å². The number of aromatic carboxylic acids is 1. The molecule has 9 heteroatoms. The van der Waals surface area contributed by atoms with Gasteiger partial charge in [0.1, 0.15) is 9.77 Å². The lowest BCUT2D eigenvalue weighted by atomic mass is 10.3. The fraction of sp³-hybridized carbons (Fsp3) is 0.500. The lowest BCUT2D eigenvalue weighted by Crippen LogP contribution is -2.44. The molecule has 0 aliphatic carbocycles. The molecular weight excluding hydrogens is 358 g/mol. The molecule has 6 nitrogen and oxygen atoms in total. The molecule has 0 radical (unpaired) electrons. The SMILES string of the molecule is CC1CN(S(=O)(=O)c2cc(C(=O)O)sc2Br)CCO1. The number of hydrogen-bond donors (Lipinski definition) is 1. The number of hydrogen-bond acceptors (Lipinski definition) is 5. The molecule has 0 aromatic carbocycles. The molecular formula is C10H12BrNO5S2. The van der Waals surface area contributed by atoms with Crippen LogP contribution in [0.5, 0.6) is 0 Å². The molecule has 1 atom stereocenters. The molecule has 0 saturated carbocycles. The molecule has 1 aliphatic heterocycles. The van der Waals surface area contributed by atoms with Gasteiger partial charge in [0.05, 0.1) is 16.5 Å². The van der Waals surface area contributed by atoms with Gasteiger partial charge in [-0.15, -0.1) is 11.3 Å². The van der Waals surface area contributed by atoms with E-state index >= 15 is 0 Å². The standard InChI is InChI=1S/C10H12BrNO5S2/c1-6-5-12(2-3-17-6)19(15,16)8-4-7(10(13)14)18-9(8)11/h4,6H,2-3,5H2,1H3,(H,13,14). The van der Waals surface area contributed by atoms with Gasteiger partial charge in [0.15, 0.2) is 0 Å². The topological polar surface area (TPSA) is 83.9 Å². The predicted octanol–water partition coefficient (Wildman–Crippen LogP) is 1.62. The molecule has 1 N–H and O–H groups in total. The van der Waals surface area contributed by atoms with Crippen LogP contribution >= 0.6 is 27.3 Å². The highest BCUT2D eigenvalue weighted by atomic mass is 79.9. The van der Waals surface area contributed by atoms with E-state index in [2.05, 4.69) is 15.9 Å². The maximum atomic E-state index is 12.4. The smallest absolute Gasteiger partial charge is 0.345 e. The molecule has 1 saturated heterocycles. The minimum atomic E-state index is -3.68. The first-order valence-corrected chi connectivity index (χ1v) is 8.51. The summed E-state index contributed by atoms with van der Waals surface area (Å²) < 4.78 is 31.8. The maximum absolute atomic E-state index is 12.4. The fourth-order valence-corrected chi connectivity index (χ4v) is 5.63. The van der Waals surface area contributed by atoms with Crippen LogP contribution in [0.1, 0.15) is 16.6 Å². The number of thiophene rings is 1. The zero-order chi connectivity index (χ0) is 14.2. The van der Waals surface area contributed by atoms with Crippen LogP contribution < -0.4 is 0 Å². The van der Waals surface area contributed by atoms with Gasteiger partial charge in [0.2, 0.25) is 10.0 Å². The van der Waals surface area contributed by atoms with Crippen molar-refractivity contribution in [3.05, 3.63) is 14.7 Å². The van der Waals surface area contributed by atoms with E-state index in [9.17, 15) is 13.2 Å². The summed E-state index contributed by atoms with van der Waals surface area (Å²) in [4.78, 5) is 10.9. The first-order chi connectivity index (χ1) is 8.82. The summed E-state index contributed by atoms with van der Waals surface area (Å²) in [6.45, 7) is 2.69. The van der Waals surface area contributed by atoms with Crippen LogP contribution in [0.15, 0.2) is 14.7 Å². The third-order valence-corrected chi connectivity index (χ3v) is 6.79. The molecule has 19 heavy (non-hydrogen) atoms. The van der Waals surface area contributed by atoms with E-state index in [1.165, 1.54) is 10.4 Å².